The summed E-state index contributed by atoms with van der Waals surface area (Å²) in [5.41, 5.74) is 2.69. The zero-order chi connectivity index (χ0) is 26.3. The molecular formula is C31H26N4O3. The molecule has 0 radical (unpaired) electrons. The van der Waals surface area contributed by atoms with Gasteiger partial charge in [-0.1, -0.05) is 72.8 Å². The average Bonchev–Trinajstić information content (AvgIpc) is 2.97. The molecule has 7 nitrogen and oxygen atoms in total. The van der Waals surface area contributed by atoms with Crippen LogP contribution in [0.25, 0.3) is 22.3 Å². The summed E-state index contributed by atoms with van der Waals surface area (Å²) in [4.78, 5) is 43.7. The molecule has 38 heavy (non-hydrogen) atoms. The molecule has 1 aromatic heterocycles. The van der Waals surface area contributed by atoms with Crippen molar-refractivity contribution in [3.05, 3.63) is 131 Å². The van der Waals surface area contributed by atoms with Gasteiger partial charge in [0, 0.05) is 24.2 Å². The number of hydrogen-bond acceptors (Lipinski definition) is 4. The van der Waals surface area contributed by atoms with E-state index in [9.17, 15) is 14.4 Å². The Hall–Kier alpha value is -5.04. The van der Waals surface area contributed by atoms with Crippen molar-refractivity contribution in [1.29, 1.82) is 0 Å². The standard InChI is InChI=1S/C31H26N4O3/c36-29(23-14-5-2-6-15-23)34-26-18-9-7-16-24(26)30(37)32-20-11-21-35-28(22-12-3-1-4-13-22)33-27-19-10-8-17-25(27)31(35)38/h1-10,12-19H,11,20-21H2,(H,32,37)(H,34,36). The molecule has 2 N–H and O–H groups in total. The number of para-hydroxylation sites is 2. The SMILES string of the molecule is O=C(Nc1ccccc1C(=O)NCCCn1c(-c2ccccc2)nc2ccccc2c1=O)c1ccccc1. The van der Waals surface area contributed by atoms with E-state index >= 15 is 0 Å². The summed E-state index contributed by atoms with van der Waals surface area (Å²) < 4.78 is 1.66. The highest BCUT2D eigenvalue weighted by Crippen LogP contribution is 2.19. The van der Waals surface area contributed by atoms with Crippen molar-refractivity contribution in [1.82, 2.24) is 14.9 Å². The lowest BCUT2D eigenvalue weighted by atomic mass is 10.1. The molecule has 7 heteroatoms. The van der Waals surface area contributed by atoms with E-state index in [-0.39, 0.29) is 17.4 Å². The van der Waals surface area contributed by atoms with Crippen LogP contribution >= 0.6 is 0 Å². The number of anilines is 1. The number of carbonyl (C=O) groups excluding carboxylic acids is 2. The third-order valence-electron chi connectivity index (χ3n) is 6.19. The summed E-state index contributed by atoms with van der Waals surface area (Å²) in [6.07, 6.45) is 0.518. The molecule has 0 saturated carbocycles. The highest BCUT2D eigenvalue weighted by atomic mass is 16.2. The summed E-state index contributed by atoms with van der Waals surface area (Å²) in [6.45, 7) is 0.723. The summed E-state index contributed by atoms with van der Waals surface area (Å²) in [5, 5.41) is 6.29. The first-order valence-electron chi connectivity index (χ1n) is 12.4. The van der Waals surface area contributed by atoms with Crippen molar-refractivity contribution in [3.8, 4) is 11.4 Å². The summed E-state index contributed by atoms with van der Waals surface area (Å²) >= 11 is 0. The van der Waals surface area contributed by atoms with Gasteiger partial charge in [0.1, 0.15) is 5.82 Å². The minimum atomic E-state index is -0.304. The lowest BCUT2D eigenvalue weighted by molar-refractivity contribution is 0.0953. The maximum absolute atomic E-state index is 13.3. The summed E-state index contributed by atoms with van der Waals surface area (Å²) in [6, 6.07) is 32.6. The van der Waals surface area contributed by atoms with E-state index in [2.05, 4.69) is 10.6 Å². The summed E-state index contributed by atoms with van der Waals surface area (Å²) in [7, 11) is 0. The predicted molar refractivity (Wildman–Crippen MR) is 149 cm³/mol. The van der Waals surface area contributed by atoms with Gasteiger partial charge >= 0.3 is 0 Å². The average molecular weight is 503 g/mol. The second-order valence-electron chi connectivity index (χ2n) is 8.75. The van der Waals surface area contributed by atoms with E-state index in [0.29, 0.717) is 53.1 Å². The zero-order valence-electron chi connectivity index (χ0n) is 20.6. The molecule has 0 aliphatic rings. The first-order valence-corrected chi connectivity index (χ1v) is 12.4. The van der Waals surface area contributed by atoms with Crippen LogP contribution in [-0.2, 0) is 6.54 Å². The van der Waals surface area contributed by atoms with Crippen LogP contribution < -0.4 is 16.2 Å². The number of fused-ring (bicyclic) bond motifs is 1. The molecule has 1 heterocycles. The fraction of sp³-hybridized carbons (Fsp3) is 0.0968. The molecule has 5 rings (SSSR count). The highest BCUT2D eigenvalue weighted by molar-refractivity contribution is 6.09. The van der Waals surface area contributed by atoms with Crippen molar-refractivity contribution >= 4 is 28.4 Å². The second-order valence-corrected chi connectivity index (χ2v) is 8.75. The molecule has 0 unspecified atom stereocenters. The van der Waals surface area contributed by atoms with E-state index in [1.165, 1.54) is 0 Å². The van der Waals surface area contributed by atoms with Crippen LogP contribution in [0.4, 0.5) is 5.69 Å². The lowest BCUT2D eigenvalue weighted by Gasteiger charge is -2.15. The third kappa shape index (κ3) is 5.37. The number of nitrogens with zero attached hydrogens (tertiary/aromatic N) is 2. The Morgan fingerprint density at radius 1 is 0.737 bits per heavy atom. The van der Waals surface area contributed by atoms with Crippen molar-refractivity contribution in [3.63, 3.8) is 0 Å². The normalized spacial score (nSPS) is 10.7. The van der Waals surface area contributed by atoms with Crippen molar-refractivity contribution < 1.29 is 9.59 Å². The smallest absolute Gasteiger partial charge is 0.261 e. The molecule has 0 aliphatic heterocycles. The van der Waals surface area contributed by atoms with Gasteiger partial charge < -0.3 is 10.6 Å². The number of benzene rings is 4. The molecule has 2 amide bonds. The Balaban J connectivity index is 1.29. The maximum Gasteiger partial charge on any atom is 0.261 e. The molecule has 188 valence electrons. The number of hydrogen-bond donors (Lipinski definition) is 2. The van der Waals surface area contributed by atoms with Crippen LogP contribution in [-0.4, -0.2) is 27.9 Å². The van der Waals surface area contributed by atoms with Gasteiger partial charge in [-0.25, -0.2) is 4.98 Å². The molecule has 0 aliphatic carbocycles. The van der Waals surface area contributed by atoms with Crippen molar-refractivity contribution in [2.24, 2.45) is 0 Å². The minimum Gasteiger partial charge on any atom is -0.352 e. The van der Waals surface area contributed by atoms with Gasteiger partial charge in [-0.05, 0) is 42.8 Å². The topological polar surface area (TPSA) is 93.1 Å². The van der Waals surface area contributed by atoms with E-state index in [1.54, 1.807) is 59.2 Å². The van der Waals surface area contributed by atoms with E-state index in [0.717, 1.165) is 5.56 Å². The largest absolute Gasteiger partial charge is 0.352 e. The third-order valence-corrected chi connectivity index (χ3v) is 6.19. The van der Waals surface area contributed by atoms with Crippen LogP contribution in [0.2, 0.25) is 0 Å². The van der Waals surface area contributed by atoms with E-state index in [4.69, 9.17) is 4.98 Å². The molecule has 5 aromatic rings. The molecule has 0 atom stereocenters. The Morgan fingerprint density at radius 2 is 1.39 bits per heavy atom. The van der Waals surface area contributed by atoms with Crippen molar-refractivity contribution in [2.45, 2.75) is 13.0 Å². The van der Waals surface area contributed by atoms with Gasteiger partial charge in [-0.15, -0.1) is 0 Å². The second kappa shape index (κ2) is 11.3. The fourth-order valence-electron chi connectivity index (χ4n) is 4.29. The lowest BCUT2D eigenvalue weighted by Crippen LogP contribution is -2.29. The molecule has 0 spiro atoms. The van der Waals surface area contributed by atoms with Gasteiger partial charge in [0.15, 0.2) is 0 Å². The zero-order valence-corrected chi connectivity index (χ0v) is 20.6. The number of aromatic nitrogens is 2. The predicted octanol–water partition coefficient (Wildman–Crippen LogP) is 5.14. The first-order chi connectivity index (χ1) is 18.6. The Morgan fingerprint density at radius 3 is 2.18 bits per heavy atom. The van der Waals surface area contributed by atoms with Crippen LogP contribution in [0.3, 0.4) is 0 Å². The quantitative estimate of drug-likeness (QED) is 0.288. The Bertz CT molecular complexity index is 1650. The van der Waals surface area contributed by atoms with Gasteiger partial charge in [0.05, 0.1) is 22.2 Å². The number of amides is 2. The van der Waals surface area contributed by atoms with Gasteiger partial charge in [0.2, 0.25) is 0 Å². The van der Waals surface area contributed by atoms with Crippen LogP contribution in [0, 0.1) is 0 Å². The molecule has 0 saturated heterocycles. The molecule has 0 bridgehead atoms. The van der Waals surface area contributed by atoms with E-state index < -0.39 is 0 Å². The monoisotopic (exact) mass is 502 g/mol. The Kier molecular flexibility index (Phi) is 7.36. The Labute approximate surface area is 219 Å². The maximum atomic E-state index is 13.3. The van der Waals surface area contributed by atoms with Crippen LogP contribution in [0.15, 0.2) is 114 Å². The highest BCUT2D eigenvalue weighted by Gasteiger charge is 2.15. The van der Waals surface area contributed by atoms with Crippen LogP contribution in [0.5, 0.6) is 0 Å². The van der Waals surface area contributed by atoms with Crippen molar-refractivity contribution in [2.75, 3.05) is 11.9 Å². The summed E-state index contributed by atoms with van der Waals surface area (Å²) in [5.74, 6) is -0.00158. The van der Waals surface area contributed by atoms with E-state index in [1.807, 2.05) is 54.6 Å². The van der Waals surface area contributed by atoms with Gasteiger partial charge in [-0.2, -0.15) is 0 Å². The number of nitrogens with one attached hydrogen (secondary N) is 2. The van der Waals surface area contributed by atoms with Gasteiger partial charge in [0.25, 0.3) is 17.4 Å². The first kappa shape index (κ1) is 24.6. The molecule has 4 aromatic carbocycles. The van der Waals surface area contributed by atoms with Crippen LogP contribution in [0.1, 0.15) is 27.1 Å². The number of rotatable bonds is 8. The molecule has 0 fully saturated rings. The number of carbonyl (C=O) groups is 2. The minimum absolute atomic E-state index is 0.116. The fourth-order valence-corrected chi connectivity index (χ4v) is 4.29. The van der Waals surface area contributed by atoms with Gasteiger partial charge in [-0.3, -0.25) is 19.0 Å². The molecular weight excluding hydrogens is 476 g/mol.